The van der Waals surface area contributed by atoms with Crippen molar-refractivity contribution in [2.75, 3.05) is 26.2 Å². The summed E-state index contributed by atoms with van der Waals surface area (Å²) in [7, 11) is 1.68. The summed E-state index contributed by atoms with van der Waals surface area (Å²) in [6.07, 6.45) is 2.00. The first-order valence-corrected chi connectivity index (χ1v) is 5.61. The number of hydrogen-bond acceptors (Lipinski definition) is 5. The van der Waals surface area contributed by atoms with Crippen LogP contribution >= 0.6 is 0 Å². The van der Waals surface area contributed by atoms with Crippen LogP contribution in [0.1, 0.15) is 40.3 Å². The van der Waals surface area contributed by atoms with Gasteiger partial charge in [-0.2, -0.15) is 0 Å². The van der Waals surface area contributed by atoms with E-state index >= 15 is 0 Å². The first-order valence-electron chi connectivity index (χ1n) is 5.61. The molecular weight excluding hydrogens is 236 g/mol. The summed E-state index contributed by atoms with van der Waals surface area (Å²) in [6, 6.07) is 0. The van der Waals surface area contributed by atoms with Gasteiger partial charge in [-0.3, -0.25) is 9.47 Å². The molecule has 0 aliphatic rings. The number of aromatic nitrogens is 1. The van der Waals surface area contributed by atoms with Crippen molar-refractivity contribution in [3.8, 4) is 0 Å². The average molecular weight is 256 g/mol. The lowest BCUT2D eigenvalue weighted by molar-refractivity contribution is 0.0525. The summed E-state index contributed by atoms with van der Waals surface area (Å²) in [6.45, 7) is 6.44. The van der Waals surface area contributed by atoms with Gasteiger partial charge in [0.1, 0.15) is 5.69 Å². The highest BCUT2D eigenvalue weighted by atomic mass is 16.5. The molecule has 0 saturated heterocycles. The summed E-state index contributed by atoms with van der Waals surface area (Å²) in [5.74, 6) is 5.00. The van der Waals surface area contributed by atoms with Gasteiger partial charge in [0.05, 0.1) is 12.2 Å². The largest absolute Gasteiger partial charge is 0.462 e. The number of methoxy groups -OCH3 is 1. The van der Waals surface area contributed by atoms with Crippen LogP contribution in [-0.4, -0.2) is 37.3 Å². The molecule has 0 unspecified atom stereocenters. The average Bonchev–Trinajstić information content (AvgIpc) is 2.65. The van der Waals surface area contributed by atoms with Crippen LogP contribution in [0.4, 0.5) is 0 Å². The number of nitrogen functional groups attached to an aromatic ring is 1. The molecule has 0 bridgehead atoms. The Hall–Kier alpha value is -1.82. The van der Waals surface area contributed by atoms with Gasteiger partial charge >= 0.3 is 5.97 Å². The molecule has 0 aliphatic carbocycles. The minimum Gasteiger partial charge on any atom is -0.462 e. The van der Waals surface area contributed by atoms with Crippen molar-refractivity contribution in [3.05, 3.63) is 23.0 Å². The minimum atomic E-state index is -0.461. The highest BCUT2D eigenvalue weighted by Gasteiger charge is 2.17. The van der Waals surface area contributed by atoms with Crippen LogP contribution in [0.5, 0.6) is 0 Å². The smallest absolute Gasteiger partial charge is 0.340 e. The number of ether oxygens (including phenoxy) is 2. The Bertz CT molecular complexity index is 397. The Kier molecular flexibility index (Phi) is 7.46. The Morgan fingerprint density at radius 1 is 1.44 bits per heavy atom. The molecule has 6 heteroatoms. The molecular formula is C12H20N2O4. The van der Waals surface area contributed by atoms with Crippen molar-refractivity contribution in [2.24, 2.45) is 0 Å². The first kappa shape index (κ1) is 16.2. The molecule has 0 amide bonds. The Morgan fingerprint density at radius 2 is 2.00 bits per heavy atom. The maximum atomic E-state index is 11.3. The molecule has 0 aliphatic heterocycles. The van der Waals surface area contributed by atoms with E-state index in [1.807, 2.05) is 6.92 Å². The lowest BCUT2D eigenvalue weighted by Gasteiger charge is -1.99. The third-order valence-electron chi connectivity index (χ3n) is 2.23. The van der Waals surface area contributed by atoms with Gasteiger partial charge in [0.15, 0.2) is 6.29 Å². The molecule has 0 aromatic carbocycles. The molecule has 0 fully saturated rings. The molecule has 0 radical (unpaired) electrons. The summed E-state index contributed by atoms with van der Waals surface area (Å²) in [5.41, 5.74) is 1.16. The molecule has 102 valence electrons. The van der Waals surface area contributed by atoms with Crippen molar-refractivity contribution in [1.82, 2.24) is 4.68 Å². The predicted molar refractivity (Wildman–Crippen MR) is 68.2 cm³/mol. The van der Waals surface area contributed by atoms with Crippen molar-refractivity contribution >= 4 is 12.3 Å². The van der Waals surface area contributed by atoms with E-state index in [4.69, 9.17) is 10.6 Å². The van der Waals surface area contributed by atoms with E-state index in [1.54, 1.807) is 21.0 Å². The van der Waals surface area contributed by atoms with E-state index in [0.29, 0.717) is 24.0 Å². The maximum absolute atomic E-state index is 11.3. The Balaban J connectivity index is 0.000000631. The first-order chi connectivity index (χ1) is 8.53. The summed E-state index contributed by atoms with van der Waals surface area (Å²) < 4.78 is 10.5. The van der Waals surface area contributed by atoms with Crippen molar-refractivity contribution in [3.63, 3.8) is 0 Å². The molecule has 1 rings (SSSR count). The van der Waals surface area contributed by atoms with Crippen LogP contribution in [0.25, 0.3) is 0 Å². The number of nitrogens with zero attached hydrogens (tertiary/aromatic N) is 1. The molecule has 0 saturated carbocycles. The minimum absolute atomic E-state index is 0.285. The van der Waals surface area contributed by atoms with Crippen LogP contribution in [0.2, 0.25) is 0 Å². The zero-order chi connectivity index (χ0) is 14.1. The van der Waals surface area contributed by atoms with Gasteiger partial charge in [-0.05, 0) is 26.3 Å². The van der Waals surface area contributed by atoms with E-state index in [-0.39, 0.29) is 5.69 Å². The van der Waals surface area contributed by atoms with E-state index in [0.717, 1.165) is 11.3 Å². The van der Waals surface area contributed by atoms with Crippen LogP contribution in [0, 0.1) is 6.92 Å². The van der Waals surface area contributed by atoms with Gasteiger partial charge in [0.2, 0.25) is 0 Å². The lowest BCUT2D eigenvalue weighted by atomic mass is 10.2. The maximum Gasteiger partial charge on any atom is 0.340 e. The van der Waals surface area contributed by atoms with Gasteiger partial charge in [-0.25, -0.2) is 4.79 Å². The van der Waals surface area contributed by atoms with Crippen LogP contribution < -0.4 is 5.84 Å². The highest BCUT2D eigenvalue weighted by molar-refractivity contribution is 5.94. The van der Waals surface area contributed by atoms with Crippen molar-refractivity contribution in [1.29, 1.82) is 0 Å². The van der Waals surface area contributed by atoms with Crippen LogP contribution in [0.3, 0.4) is 0 Å². The van der Waals surface area contributed by atoms with E-state index in [1.165, 1.54) is 6.20 Å². The SMILES string of the molecule is CCOC.CCOC(=O)c1cn(N)c(C=O)c1C. The van der Waals surface area contributed by atoms with E-state index in [9.17, 15) is 9.59 Å². The third-order valence-corrected chi connectivity index (χ3v) is 2.23. The van der Waals surface area contributed by atoms with Gasteiger partial charge < -0.3 is 15.3 Å². The van der Waals surface area contributed by atoms with Gasteiger partial charge in [-0.1, -0.05) is 0 Å². The molecule has 1 aromatic heterocycles. The third kappa shape index (κ3) is 4.21. The monoisotopic (exact) mass is 256 g/mol. The standard InChI is InChI=1S/C9H12N2O3.C3H8O/c1-3-14-9(13)7-4-11(10)8(5-12)6(7)2;1-3-4-2/h4-5H,3,10H2,1-2H3;3H2,1-2H3. The number of aldehydes is 1. The Labute approximate surface area is 107 Å². The van der Waals surface area contributed by atoms with Crippen molar-refractivity contribution in [2.45, 2.75) is 20.8 Å². The second-order valence-corrected chi connectivity index (χ2v) is 3.38. The van der Waals surface area contributed by atoms with E-state index in [2.05, 4.69) is 4.74 Å². The number of hydrogen-bond donors (Lipinski definition) is 1. The van der Waals surface area contributed by atoms with Gasteiger partial charge in [0, 0.05) is 19.9 Å². The molecule has 2 N–H and O–H groups in total. The number of nitrogens with two attached hydrogens (primary N) is 1. The molecule has 1 heterocycles. The fourth-order valence-corrected chi connectivity index (χ4v) is 1.20. The summed E-state index contributed by atoms with van der Waals surface area (Å²) >= 11 is 0. The van der Waals surface area contributed by atoms with Crippen LogP contribution in [-0.2, 0) is 9.47 Å². The molecule has 0 atom stereocenters. The topological polar surface area (TPSA) is 83.6 Å². The summed E-state index contributed by atoms with van der Waals surface area (Å²) in [4.78, 5) is 21.9. The number of carbonyl (C=O) groups is 2. The quantitative estimate of drug-likeness (QED) is 0.496. The lowest BCUT2D eigenvalue weighted by Crippen LogP contribution is -2.10. The Morgan fingerprint density at radius 3 is 2.33 bits per heavy atom. The molecule has 18 heavy (non-hydrogen) atoms. The zero-order valence-electron chi connectivity index (χ0n) is 11.2. The number of rotatable bonds is 4. The van der Waals surface area contributed by atoms with E-state index < -0.39 is 5.97 Å². The molecule has 6 nitrogen and oxygen atoms in total. The normalized spacial score (nSPS) is 9.33. The predicted octanol–water partition coefficient (Wildman–Crippen LogP) is 1.15. The van der Waals surface area contributed by atoms with Crippen LogP contribution in [0.15, 0.2) is 6.20 Å². The van der Waals surface area contributed by atoms with Gasteiger partial charge in [0.25, 0.3) is 0 Å². The molecule has 1 aromatic rings. The highest BCUT2D eigenvalue weighted by Crippen LogP contribution is 2.13. The fourth-order valence-electron chi connectivity index (χ4n) is 1.20. The zero-order valence-corrected chi connectivity index (χ0v) is 11.2. The second-order valence-electron chi connectivity index (χ2n) is 3.38. The van der Waals surface area contributed by atoms with Crippen molar-refractivity contribution < 1.29 is 19.1 Å². The second kappa shape index (κ2) is 8.30. The molecule has 0 spiro atoms. The summed E-state index contributed by atoms with van der Waals surface area (Å²) in [5, 5.41) is 0. The van der Waals surface area contributed by atoms with Gasteiger partial charge in [-0.15, -0.1) is 0 Å². The number of esters is 1. The number of carbonyl (C=O) groups excluding carboxylic acids is 2. The fraction of sp³-hybridized carbons (Fsp3) is 0.500.